The summed E-state index contributed by atoms with van der Waals surface area (Å²) in [7, 11) is 0. The quantitative estimate of drug-likeness (QED) is 0.320. The van der Waals surface area contributed by atoms with E-state index >= 15 is 0 Å². The number of amides is 1. The first-order valence-corrected chi connectivity index (χ1v) is 13.6. The van der Waals surface area contributed by atoms with Crippen LogP contribution in [0, 0.1) is 5.41 Å². The minimum absolute atomic E-state index is 0.195. The molecule has 8 heteroatoms. The molecule has 1 aliphatic heterocycles. The SMILES string of the molecule is CC(C)(C)OC(=O)N1CC2(CCC(c3nc(-c4ccc(Oc5ccccc5)cc4)n4c(N)nccc34)CC2)C1. The van der Waals surface area contributed by atoms with Crippen LogP contribution in [0.4, 0.5) is 10.7 Å². The summed E-state index contributed by atoms with van der Waals surface area (Å²) >= 11 is 0. The van der Waals surface area contributed by atoms with E-state index in [4.69, 9.17) is 20.2 Å². The van der Waals surface area contributed by atoms with Gasteiger partial charge in [-0.3, -0.25) is 4.40 Å². The molecule has 202 valence electrons. The Hall–Kier alpha value is -4.07. The van der Waals surface area contributed by atoms with Crippen LogP contribution in [0.5, 0.6) is 11.5 Å². The van der Waals surface area contributed by atoms with Gasteiger partial charge in [-0.2, -0.15) is 0 Å². The number of hydrogen-bond acceptors (Lipinski definition) is 6. The van der Waals surface area contributed by atoms with E-state index in [0.29, 0.717) is 11.9 Å². The van der Waals surface area contributed by atoms with Crippen molar-refractivity contribution in [3.05, 3.63) is 72.6 Å². The van der Waals surface area contributed by atoms with Gasteiger partial charge in [-0.1, -0.05) is 18.2 Å². The fourth-order valence-electron chi connectivity index (χ4n) is 5.91. The van der Waals surface area contributed by atoms with Crippen molar-refractivity contribution in [1.29, 1.82) is 0 Å². The smallest absolute Gasteiger partial charge is 0.410 e. The van der Waals surface area contributed by atoms with Crippen LogP contribution in [0.3, 0.4) is 0 Å². The van der Waals surface area contributed by atoms with Gasteiger partial charge >= 0.3 is 6.09 Å². The Balaban J connectivity index is 1.19. The highest BCUT2D eigenvalue weighted by molar-refractivity contribution is 5.70. The summed E-state index contributed by atoms with van der Waals surface area (Å²) < 4.78 is 13.5. The highest BCUT2D eigenvalue weighted by Crippen LogP contribution is 2.49. The zero-order valence-electron chi connectivity index (χ0n) is 22.8. The number of likely N-dealkylation sites (tertiary alicyclic amines) is 1. The summed E-state index contributed by atoms with van der Waals surface area (Å²) in [6, 6.07) is 19.7. The molecular formula is C31H35N5O3. The van der Waals surface area contributed by atoms with Crippen LogP contribution in [0.1, 0.15) is 58.1 Å². The Bertz CT molecular complexity index is 1470. The first-order valence-electron chi connectivity index (χ1n) is 13.6. The van der Waals surface area contributed by atoms with Gasteiger partial charge in [-0.25, -0.2) is 14.8 Å². The van der Waals surface area contributed by atoms with Crippen molar-refractivity contribution in [3.8, 4) is 22.9 Å². The van der Waals surface area contributed by atoms with Crippen LogP contribution in [0.2, 0.25) is 0 Å². The van der Waals surface area contributed by atoms with Gasteiger partial charge in [-0.15, -0.1) is 0 Å². The van der Waals surface area contributed by atoms with E-state index in [-0.39, 0.29) is 11.5 Å². The topological polar surface area (TPSA) is 95.0 Å². The van der Waals surface area contributed by atoms with Gasteiger partial charge in [0.25, 0.3) is 0 Å². The molecule has 1 saturated heterocycles. The molecule has 2 aromatic carbocycles. The fourth-order valence-corrected chi connectivity index (χ4v) is 5.91. The third-order valence-electron chi connectivity index (χ3n) is 7.84. The second kappa shape index (κ2) is 9.59. The summed E-state index contributed by atoms with van der Waals surface area (Å²) in [5.74, 6) is 3.10. The zero-order valence-corrected chi connectivity index (χ0v) is 22.8. The Morgan fingerprint density at radius 3 is 2.31 bits per heavy atom. The van der Waals surface area contributed by atoms with E-state index in [1.165, 1.54) is 0 Å². The lowest BCUT2D eigenvalue weighted by Gasteiger charge is -2.53. The van der Waals surface area contributed by atoms with Gasteiger partial charge in [-0.05, 0) is 88.9 Å². The largest absolute Gasteiger partial charge is 0.457 e. The molecule has 1 amide bonds. The number of rotatable bonds is 4. The van der Waals surface area contributed by atoms with Crippen LogP contribution < -0.4 is 10.5 Å². The third-order valence-corrected chi connectivity index (χ3v) is 7.84. The van der Waals surface area contributed by atoms with E-state index in [9.17, 15) is 4.79 Å². The minimum atomic E-state index is -0.469. The first kappa shape index (κ1) is 25.2. The normalized spacial score (nSPS) is 17.3. The van der Waals surface area contributed by atoms with Gasteiger partial charge in [0.2, 0.25) is 5.95 Å². The predicted molar refractivity (Wildman–Crippen MR) is 151 cm³/mol. The van der Waals surface area contributed by atoms with Crippen molar-refractivity contribution in [2.24, 2.45) is 5.41 Å². The molecule has 6 rings (SSSR count). The summed E-state index contributed by atoms with van der Waals surface area (Å²) in [5.41, 5.74) is 9.13. The monoisotopic (exact) mass is 525 g/mol. The highest BCUT2D eigenvalue weighted by Gasteiger charge is 2.48. The Morgan fingerprint density at radius 1 is 0.974 bits per heavy atom. The molecule has 0 radical (unpaired) electrons. The first-order chi connectivity index (χ1) is 18.7. The van der Waals surface area contributed by atoms with Crippen molar-refractivity contribution in [2.45, 2.75) is 58.0 Å². The Kier molecular flexibility index (Phi) is 6.20. The van der Waals surface area contributed by atoms with E-state index in [1.54, 1.807) is 6.20 Å². The molecule has 3 heterocycles. The molecule has 8 nitrogen and oxygen atoms in total. The number of fused-ring (bicyclic) bond motifs is 1. The molecule has 1 saturated carbocycles. The number of nitrogens with zero attached hydrogens (tertiary/aromatic N) is 4. The second-order valence-electron chi connectivity index (χ2n) is 11.9. The number of carbonyl (C=O) groups excluding carboxylic acids is 1. The summed E-state index contributed by atoms with van der Waals surface area (Å²) in [6.07, 6.45) is 5.74. The van der Waals surface area contributed by atoms with Crippen LogP contribution in [-0.2, 0) is 4.74 Å². The average Bonchev–Trinajstić information content (AvgIpc) is 3.28. The molecule has 0 unspecified atom stereocenters. The average molecular weight is 526 g/mol. The number of aromatic nitrogens is 3. The number of carbonyl (C=O) groups is 1. The molecule has 0 atom stereocenters. The minimum Gasteiger partial charge on any atom is -0.457 e. The Morgan fingerprint density at radius 2 is 1.64 bits per heavy atom. The van der Waals surface area contributed by atoms with Crippen LogP contribution in [-0.4, -0.2) is 44.1 Å². The lowest BCUT2D eigenvalue weighted by Crippen LogP contribution is -2.60. The highest BCUT2D eigenvalue weighted by atomic mass is 16.6. The maximum atomic E-state index is 12.4. The van der Waals surface area contributed by atoms with Crippen molar-refractivity contribution in [1.82, 2.24) is 19.3 Å². The number of anilines is 1. The molecule has 2 aromatic heterocycles. The van der Waals surface area contributed by atoms with Gasteiger partial charge in [0.05, 0.1) is 11.2 Å². The number of hydrogen-bond donors (Lipinski definition) is 1. The summed E-state index contributed by atoms with van der Waals surface area (Å²) in [5, 5.41) is 0. The summed E-state index contributed by atoms with van der Waals surface area (Å²) in [6.45, 7) is 7.27. The maximum Gasteiger partial charge on any atom is 0.410 e. The molecule has 2 aliphatic rings. The molecule has 2 fully saturated rings. The lowest BCUT2D eigenvalue weighted by molar-refractivity contribution is -0.0507. The zero-order chi connectivity index (χ0) is 27.2. The third kappa shape index (κ3) is 5.03. The van der Waals surface area contributed by atoms with Gasteiger partial charge in [0.1, 0.15) is 22.9 Å². The summed E-state index contributed by atoms with van der Waals surface area (Å²) in [4.78, 5) is 23.8. The van der Waals surface area contributed by atoms with Crippen LogP contribution in [0.15, 0.2) is 66.9 Å². The standard InChI is InChI=1S/C31H35N5O3/c1-30(2,3)39-29(37)35-19-31(20-35)16-13-21(14-17-31)26-25-15-18-33-28(32)36(25)27(34-26)22-9-11-24(12-10-22)38-23-7-5-4-6-8-23/h4-12,15,18,21H,13-14,16-17,19-20H2,1-3H3,(H2,32,33). The van der Waals surface area contributed by atoms with Crippen molar-refractivity contribution in [2.75, 3.05) is 18.8 Å². The maximum absolute atomic E-state index is 12.4. The molecule has 1 aliphatic carbocycles. The molecule has 39 heavy (non-hydrogen) atoms. The van der Waals surface area contributed by atoms with Crippen molar-refractivity contribution in [3.63, 3.8) is 0 Å². The van der Waals surface area contributed by atoms with E-state index in [0.717, 1.165) is 72.9 Å². The van der Waals surface area contributed by atoms with Crippen molar-refractivity contribution < 1.29 is 14.3 Å². The van der Waals surface area contributed by atoms with Gasteiger partial charge in [0, 0.05) is 36.2 Å². The number of nitrogen functional groups attached to an aromatic ring is 1. The molecule has 1 spiro atoms. The number of nitrogens with two attached hydrogens (primary N) is 1. The number of ether oxygens (including phenoxy) is 2. The van der Waals surface area contributed by atoms with Crippen LogP contribution in [0.25, 0.3) is 16.9 Å². The van der Waals surface area contributed by atoms with Crippen LogP contribution >= 0.6 is 0 Å². The van der Waals surface area contributed by atoms with E-state index < -0.39 is 5.60 Å². The lowest BCUT2D eigenvalue weighted by atomic mass is 9.65. The number of imidazole rings is 1. The second-order valence-corrected chi connectivity index (χ2v) is 11.9. The Labute approximate surface area is 228 Å². The molecule has 2 N–H and O–H groups in total. The number of para-hydroxylation sites is 1. The molecule has 0 bridgehead atoms. The number of benzene rings is 2. The molecule has 4 aromatic rings. The van der Waals surface area contributed by atoms with Crippen molar-refractivity contribution >= 4 is 17.6 Å². The predicted octanol–water partition coefficient (Wildman–Crippen LogP) is 6.67. The van der Waals surface area contributed by atoms with E-state index in [1.807, 2.05) is 90.7 Å². The van der Waals surface area contributed by atoms with Gasteiger partial charge in [0.15, 0.2) is 0 Å². The van der Waals surface area contributed by atoms with Gasteiger partial charge < -0.3 is 20.1 Å². The van der Waals surface area contributed by atoms with E-state index in [2.05, 4.69) is 4.98 Å². The molecular weight excluding hydrogens is 490 g/mol. The fraction of sp³-hybridized carbons (Fsp3) is 0.387.